The van der Waals surface area contributed by atoms with E-state index in [0.717, 1.165) is 0 Å². The molecule has 6 heteroatoms. The second-order valence-corrected chi connectivity index (χ2v) is 7.13. The van der Waals surface area contributed by atoms with Gasteiger partial charge in [0.05, 0.1) is 23.8 Å². The van der Waals surface area contributed by atoms with Crippen molar-refractivity contribution in [2.45, 2.75) is 38.3 Å². The van der Waals surface area contributed by atoms with Crippen molar-refractivity contribution in [3.8, 4) is 0 Å². The van der Waals surface area contributed by atoms with Crippen LogP contribution in [0.1, 0.15) is 33.1 Å². The summed E-state index contributed by atoms with van der Waals surface area (Å²) >= 11 is 0. The smallest absolute Gasteiger partial charge is 0.336 e. The first-order chi connectivity index (χ1) is 7.44. The molecule has 0 atom stereocenters. The molecule has 3 aliphatic rings. The highest BCUT2D eigenvalue weighted by atomic mass is 31.2. The van der Waals surface area contributed by atoms with Gasteiger partial charge in [-0.25, -0.2) is 0 Å². The number of hydrogen-bond acceptors (Lipinski definition) is 4. The van der Waals surface area contributed by atoms with Crippen LogP contribution in [0.4, 0.5) is 0 Å². The Labute approximate surface area is 94.7 Å². The molecule has 2 bridgehead atoms. The summed E-state index contributed by atoms with van der Waals surface area (Å²) in [6.07, 6.45) is 1.31. The van der Waals surface area contributed by atoms with Crippen LogP contribution in [0.3, 0.4) is 0 Å². The molecule has 3 rings (SSSR count). The molecular weight excluding hydrogens is 231 g/mol. The molecule has 0 aromatic heterocycles. The summed E-state index contributed by atoms with van der Waals surface area (Å²) in [4.78, 5) is 11.0. The zero-order valence-electron chi connectivity index (χ0n) is 9.56. The lowest BCUT2D eigenvalue weighted by atomic mass is 9.43. The van der Waals surface area contributed by atoms with Gasteiger partial charge in [0.25, 0.3) is 0 Å². The van der Waals surface area contributed by atoms with Crippen LogP contribution < -0.4 is 0 Å². The van der Waals surface area contributed by atoms with Gasteiger partial charge in [0.15, 0.2) is 0 Å². The molecule has 0 aromatic rings. The Morgan fingerprint density at radius 3 is 2.00 bits per heavy atom. The van der Waals surface area contributed by atoms with Gasteiger partial charge in [0.1, 0.15) is 0 Å². The Kier molecular flexibility index (Phi) is 2.69. The van der Waals surface area contributed by atoms with E-state index in [1.54, 1.807) is 13.8 Å². The Hall–Kier alpha value is -0.380. The maximum Gasteiger partial charge on any atom is 0.336 e. The van der Waals surface area contributed by atoms with Crippen molar-refractivity contribution in [2.75, 3.05) is 13.2 Å². The molecule has 0 radical (unpaired) electrons. The first-order valence-electron chi connectivity index (χ1n) is 5.56. The van der Waals surface area contributed by atoms with Crippen LogP contribution >= 0.6 is 7.60 Å². The highest BCUT2D eigenvalue weighted by Gasteiger charge is 2.79. The third-order valence-electron chi connectivity index (χ3n) is 3.64. The second-order valence-electron chi connectivity index (χ2n) is 4.67. The van der Waals surface area contributed by atoms with Gasteiger partial charge in [0.2, 0.25) is 0 Å². The van der Waals surface area contributed by atoms with Gasteiger partial charge >= 0.3 is 13.6 Å². The molecule has 0 unspecified atom stereocenters. The van der Waals surface area contributed by atoms with Crippen LogP contribution in [-0.2, 0) is 18.4 Å². The van der Waals surface area contributed by atoms with Crippen molar-refractivity contribution in [2.24, 2.45) is 5.41 Å². The molecule has 16 heavy (non-hydrogen) atoms. The fourth-order valence-electron chi connectivity index (χ4n) is 2.90. The van der Waals surface area contributed by atoms with Gasteiger partial charge in [0, 0.05) is 0 Å². The summed E-state index contributed by atoms with van der Waals surface area (Å²) in [5.41, 5.74) is -0.635. The summed E-state index contributed by atoms with van der Waals surface area (Å²) in [6, 6.07) is 0. The van der Waals surface area contributed by atoms with Gasteiger partial charge < -0.3 is 14.2 Å². The fraction of sp³-hybridized carbons (Fsp3) is 0.900. The van der Waals surface area contributed by atoms with Crippen molar-refractivity contribution < 1.29 is 23.5 Å². The van der Waals surface area contributed by atoms with E-state index in [0.29, 0.717) is 32.5 Å². The zero-order valence-corrected chi connectivity index (χ0v) is 10.5. The molecule has 3 fully saturated rings. The van der Waals surface area contributed by atoms with Crippen LogP contribution in [0.15, 0.2) is 0 Å². The molecule has 0 aromatic carbocycles. The molecular formula is C10H17O5P. The van der Waals surface area contributed by atoms with Gasteiger partial charge in [-0.15, -0.1) is 0 Å². The van der Waals surface area contributed by atoms with Crippen molar-refractivity contribution in [1.82, 2.24) is 0 Å². The predicted molar refractivity (Wildman–Crippen MR) is 57.5 cm³/mol. The maximum absolute atomic E-state index is 12.5. The van der Waals surface area contributed by atoms with Gasteiger partial charge in [-0.2, -0.15) is 0 Å². The summed E-state index contributed by atoms with van der Waals surface area (Å²) in [5, 5.41) is 8.50. The molecule has 0 amide bonds. The van der Waals surface area contributed by atoms with E-state index < -0.39 is 24.1 Å². The van der Waals surface area contributed by atoms with Gasteiger partial charge in [-0.1, -0.05) is 0 Å². The van der Waals surface area contributed by atoms with Crippen molar-refractivity contribution >= 4 is 13.6 Å². The Morgan fingerprint density at radius 1 is 1.25 bits per heavy atom. The fourth-order valence-corrected chi connectivity index (χ4v) is 5.69. The minimum absolute atomic E-state index is 0.332. The summed E-state index contributed by atoms with van der Waals surface area (Å²) in [6.45, 7) is 4.20. The normalized spacial score (nSPS) is 36.4. The maximum atomic E-state index is 12.5. The monoisotopic (exact) mass is 248 g/mol. The third-order valence-corrected chi connectivity index (χ3v) is 6.47. The highest BCUT2D eigenvalue weighted by molar-refractivity contribution is 7.56. The number of rotatable bonds is 6. The van der Waals surface area contributed by atoms with Gasteiger partial charge in [-0.05, 0) is 33.1 Å². The quantitative estimate of drug-likeness (QED) is 0.730. The minimum atomic E-state index is -3.12. The molecule has 5 nitrogen and oxygen atoms in total. The lowest BCUT2D eigenvalue weighted by molar-refractivity contribution is -0.181. The number of hydrogen-bond donors (Lipinski definition) is 1. The SMILES string of the molecule is CCOP(=O)(OCC)C12CC(C(=O)O)(C1)C2. The lowest BCUT2D eigenvalue weighted by Crippen LogP contribution is -2.70. The summed E-state index contributed by atoms with van der Waals surface area (Å²) in [5.74, 6) is -0.783. The van der Waals surface area contributed by atoms with E-state index in [9.17, 15) is 9.36 Å². The van der Waals surface area contributed by atoms with Gasteiger partial charge in [-0.3, -0.25) is 9.36 Å². The molecule has 0 spiro atoms. The largest absolute Gasteiger partial charge is 0.481 e. The van der Waals surface area contributed by atoms with E-state index in [-0.39, 0.29) is 0 Å². The summed E-state index contributed by atoms with van der Waals surface area (Å²) in [7, 11) is -3.12. The average molecular weight is 248 g/mol. The van der Waals surface area contributed by atoms with E-state index in [4.69, 9.17) is 14.2 Å². The molecule has 0 aliphatic heterocycles. The van der Waals surface area contributed by atoms with Crippen molar-refractivity contribution in [3.05, 3.63) is 0 Å². The number of aliphatic carboxylic acids is 1. The highest BCUT2D eigenvalue weighted by Crippen LogP contribution is 2.84. The molecule has 92 valence electrons. The predicted octanol–water partition coefficient (Wildman–Crippen LogP) is 2.26. The standard InChI is InChI=1S/C10H17O5P/c1-3-14-16(13,15-4-2)10-5-9(6-10,7-10)8(11)12/h3-7H2,1-2H3,(H,11,12). The first kappa shape index (κ1) is 12.1. The Bertz CT molecular complexity index is 334. The van der Waals surface area contributed by atoms with E-state index in [2.05, 4.69) is 0 Å². The molecule has 1 N–H and O–H groups in total. The van der Waals surface area contributed by atoms with Crippen molar-refractivity contribution in [3.63, 3.8) is 0 Å². The topological polar surface area (TPSA) is 72.8 Å². The van der Waals surface area contributed by atoms with Crippen LogP contribution in [0.25, 0.3) is 0 Å². The number of carboxylic acids is 1. The van der Waals surface area contributed by atoms with E-state index in [1.165, 1.54) is 0 Å². The number of carboxylic acid groups (broad SMARTS) is 1. The zero-order chi connectivity index (χ0) is 12.0. The second kappa shape index (κ2) is 3.56. The molecule has 3 saturated carbocycles. The Balaban J connectivity index is 2.10. The molecule has 0 heterocycles. The minimum Gasteiger partial charge on any atom is -0.481 e. The first-order valence-corrected chi connectivity index (χ1v) is 7.10. The number of carbonyl (C=O) groups is 1. The van der Waals surface area contributed by atoms with E-state index >= 15 is 0 Å². The van der Waals surface area contributed by atoms with Crippen LogP contribution in [-0.4, -0.2) is 29.4 Å². The summed E-state index contributed by atoms with van der Waals surface area (Å²) < 4.78 is 23.0. The average Bonchev–Trinajstić information content (AvgIpc) is 1.97. The molecule has 0 saturated heterocycles. The lowest BCUT2D eigenvalue weighted by Gasteiger charge is -2.68. The molecule has 3 aliphatic carbocycles. The van der Waals surface area contributed by atoms with Crippen LogP contribution in [0.2, 0.25) is 0 Å². The van der Waals surface area contributed by atoms with Crippen LogP contribution in [0.5, 0.6) is 0 Å². The third kappa shape index (κ3) is 1.31. The van der Waals surface area contributed by atoms with Crippen molar-refractivity contribution in [1.29, 1.82) is 0 Å². The van der Waals surface area contributed by atoms with E-state index in [1.807, 2.05) is 0 Å². The van der Waals surface area contributed by atoms with Crippen LogP contribution in [0, 0.1) is 5.41 Å². The Morgan fingerprint density at radius 2 is 1.69 bits per heavy atom.